The van der Waals surface area contributed by atoms with Crippen LogP contribution in [0.3, 0.4) is 0 Å². The van der Waals surface area contributed by atoms with Crippen LogP contribution in [0.5, 0.6) is 0 Å². The first-order valence-corrected chi connectivity index (χ1v) is 9.10. The molecule has 5 N–H and O–H groups in total. The van der Waals surface area contributed by atoms with Crippen molar-refractivity contribution in [2.75, 3.05) is 19.6 Å². The first-order chi connectivity index (χ1) is 12.6. The monoisotopic (exact) mass is 355 g/mol. The predicted octanol–water partition coefficient (Wildman–Crippen LogP) is 3.11. The molecule has 6 heteroatoms. The molecule has 3 rings (SSSR count). The number of hydrogen-bond donors (Lipinski definition) is 4. The van der Waals surface area contributed by atoms with E-state index in [1.54, 1.807) is 12.1 Å². The fraction of sp³-hybridized carbons (Fsp3) is 0.400. The molecule has 5 nitrogen and oxygen atoms in total. The van der Waals surface area contributed by atoms with Crippen LogP contribution >= 0.6 is 0 Å². The first-order valence-electron chi connectivity index (χ1n) is 9.10. The summed E-state index contributed by atoms with van der Waals surface area (Å²) in [5, 5.41) is 14.3. The highest BCUT2D eigenvalue weighted by Gasteiger charge is 2.23. The Balaban J connectivity index is 1.89. The van der Waals surface area contributed by atoms with Gasteiger partial charge >= 0.3 is 0 Å². The summed E-state index contributed by atoms with van der Waals surface area (Å²) >= 11 is 0. The van der Waals surface area contributed by atoms with Crippen LogP contribution in [0.4, 0.5) is 10.1 Å². The summed E-state index contributed by atoms with van der Waals surface area (Å²) < 4.78 is 14.2. The van der Waals surface area contributed by atoms with Gasteiger partial charge in [-0.05, 0) is 49.0 Å². The molecule has 26 heavy (non-hydrogen) atoms. The van der Waals surface area contributed by atoms with E-state index in [2.05, 4.69) is 15.6 Å². The molecule has 1 heterocycles. The van der Waals surface area contributed by atoms with Gasteiger partial charge in [-0.2, -0.15) is 0 Å². The summed E-state index contributed by atoms with van der Waals surface area (Å²) in [5.41, 5.74) is 9.93. The molecule has 2 aliphatic rings. The van der Waals surface area contributed by atoms with Gasteiger partial charge in [0.25, 0.3) is 0 Å². The Labute approximate surface area is 153 Å². The summed E-state index contributed by atoms with van der Waals surface area (Å²) in [7, 11) is 0. The summed E-state index contributed by atoms with van der Waals surface area (Å²) in [6.07, 6.45) is 6.50. The van der Waals surface area contributed by atoms with E-state index in [1.807, 2.05) is 13.0 Å². The number of amidine groups is 1. The standard InChI is InChI=1S/C20H26FN5/c1-2-14(10-22)15-5-6-17(21)19(9-15)26-20(23)16-12-24-8-7-18(16)25-11-13-3-4-13/h2,5-6,9-10,13,22,24-25H,3-4,7-8,11-12H2,1H3,(H2,23,26)/b14-2+,22-10?. The molecular formula is C20H26FN5. The molecule has 1 aromatic carbocycles. The number of hydrogen-bond acceptors (Lipinski definition) is 4. The predicted molar refractivity (Wildman–Crippen MR) is 105 cm³/mol. The van der Waals surface area contributed by atoms with Gasteiger partial charge in [0.2, 0.25) is 0 Å². The van der Waals surface area contributed by atoms with Gasteiger partial charge in [-0.1, -0.05) is 12.1 Å². The number of nitrogens with two attached hydrogens (primary N) is 1. The van der Waals surface area contributed by atoms with Crippen molar-refractivity contribution in [1.29, 1.82) is 5.41 Å². The fourth-order valence-electron chi connectivity index (χ4n) is 3.02. The van der Waals surface area contributed by atoms with Crippen LogP contribution in [0.2, 0.25) is 0 Å². The maximum atomic E-state index is 14.2. The third kappa shape index (κ3) is 4.38. The molecule has 0 atom stereocenters. The van der Waals surface area contributed by atoms with Gasteiger partial charge in [0.05, 0.1) is 0 Å². The van der Waals surface area contributed by atoms with E-state index in [0.29, 0.717) is 18.0 Å². The smallest absolute Gasteiger partial charge is 0.148 e. The number of halogens is 1. The Hall–Kier alpha value is -2.47. The normalized spacial score (nSPS) is 18.8. The van der Waals surface area contributed by atoms with Crippen LogP contribution in [0.1, 0.15) is 31.7 Å². The number of nitrogens with one attached hydrogen (secondary N) is 3. The lowest BCUT2D eigenvalue weighted by atomic mass is 10.0. The molecule has 1 aromatic rings. The number of rotatable bonds is 7. The lowest BCUT2D eigenvalue weighted by molar-refractivity contribution is 0.616. The van der Waals surface area contributed by atoms with Gasteiger partial charge < -0.3 is 21.8 Å². The Morgan fingerprint density at radius 3 is 2.96 bits per heavy atom. The van der Waals surface area contributed by atoms with Crippen LogP contribution in [0, 0.1) is 17.1 Å². The highest BCUT2D eigenvalue weighted by atomic mass is 19.1. The summed E-state index contributed by atoms with van der Waals surface area (Å²) in [5.74, 6) is 0.684. The van der Waals surface area contributed by atoms with Crippen molar-refractivity contribution in [3.8, 4) is 0 Å². The van der Waals surface area contributed by atoms with Gasteiger partial charge in [0, 0.05) is 43.5 Å². The molecule has 1 aliphatic heterocycles. The zero-order valence-electron chi connectivity index (χ0n) is 15.1. The average molecular weight is 355 g/mol. The van der Waals surface area contributed by atoms with Crippen molar-refractivity contribution >= 4 is 23.3 Å². The Bertz CT molecular complexity index is 774. The van der Waals surface area contributed by atoms with E-state index < -0.39 is 5.82 Å². The first kappa shape index (κ1) is 18.3. The van der Waals surface area contributed by atoms with E-state index >= 15 is 0 Å². The van der Waals surface area contributed by atoms with E-state index in [9.17, 15) is 4.39 Å². The van der Waals surface area contributed by atoms with Gasteiger partial charge in [-0.3, -0.25) is 0 Å². The maximum Gasteiger partial charge on any atom is 0.148 e. The minimum absolute atomic E-state index is 0.195. The van der Waals surface area contributed by atoms with Crippen molar-refractivity contribution in [2.45, 2.75) is 26.2 Å². The number of nitrogens with zero attached hydrogens (tertiary/aromatic N) is 1. The highest BCUT2D eigenvalue weighted by Crippen LogP contribution is 2.28. The largest absolute Gasteiger partial charge is 0.388 e. The lowest BCUT2D eigenvalue weighted by Crippen LogP contribution is -2.36. The summed E-state index contributed by atoms with van der Waals surface area (Å²) in [6, 6.07) is 4.65. The molecule has 0 bridgehead atoms. The number of allylic oxidation sites excluding steroid dienone is 2. The van der Waals surface area contributed by atoms with Crippen molar-refractivity contribution in [1.82, 2.24) is 10.6 Å². The molecule has 0 unspecified atom stereocenters. The fourth-order valence-corrected chi connectivity index (χ4v) is 3.02. The van der Waals surface area contributed by atoms with Crippen LogP contribution in [-0.2, 0) is 0 Å². The van der Waals surface area contributed by atoms with E-state index in [1.165, 1.54) is 25.1 Å². The zero-order chi connectivity index (χ0) is 18.5. The third-order valence-electron chi connectivity index (χ3n) is 4.81. The van der Waals surface area contributed by atoms with Crippen molar-refractivity contribution in [2.24, 2.45) is 16.6 Å². The van der Waals surface area contributed by atoms with Crippen LogP contribution in [0.25, 0.3) is 5.57 Å². The minimum Gasteiger partial charge on any atom is -0.388 e. The van der Waals surface area contributed by atoms with E-state index in [-0.39, 0.29) is 5.69 Å². The van der Waals surface area contributed by atoms with Crippen LogP contribution in [0.15, 0.2) is 40.5 Å². The van der Waals surface area contributed by atoms with Crippen molar-refractivity contribution in [3.63, 3.8) is 0 Å². The highest BCUT2D eigenvalue weighted by molar-refractivity contribution is 6.08. The summed E-state index contributed by atoms with van der Waals surface area (Å²) in [6.45, 7) is 4.35. The molecule has 0 spiro atoms. The maximum absolute atomic E-state index is 14.2. The lowest BCUT2D eigenvalue weighted by Gasteiger charge is -2.22. The molecule has 0 aromatic heterocycles. The summed E-state index contributed by atoms with van der Waals surface area (Å²) in [4.78, 5) is 4.37. The number of benzene rings is 1. The second kappa shape index (κ2) is 8.27. The second-order valence-electron chi connectivity index (χ2n) is 6.76. The molecule has 1 fully saturated rings. The van der Waals surface area contributed by atoms with Crippen molar-refractivity contribution in [3.05, 3.63) is 46.9 Å². The van der Waals surface area contributed by atoms with Gasteiger partial charge in [0.15, 0.2) is 0 Å². The number of aliphatic imine (C=N–C) groups is 1. The molecule has 1 aliphatic carbocycles. The topological polar surface area (TPSA) is 86.3 Å². The Kier molecular flexibility index (Phi) is 5.83. The molecule has 0 amide bonds. The second-order valence-corrected chi connectivity index (χ2v) is 6.76. The van der Waals surface area contributed by atoms with Gasteiger partial charge in [-0.25, -0.2) is 9.38 Å². The molecular weight excluding hydrogens is 329 g/mol. The van der Waals surface area contributed by atoms with Gasteiger partial charge in [-0.15, -0.1) is 0 Å². The van der Waals surface area contributed by atoms with Crippen LogP contribution in [-0.4, -0.2) is 31.7 Å². The quantitative estimate of drug-likeness (QED) is 0.448. The molecule has 0 radical (unpaired) electrons. The van der Waals surface area contributed by atoms with Gasteiger partial charge in [0.1, 0.15) is 17.3 Å². The molecule has 138 valence electrons. The minimum atomic E-state index is -0.422. The molecule has 1 saturated carbocycles. The Morgan fingerprint density at radius 2 is 2.27 bits per heavy atom. The zero-order valence-corrected chi connectivity index (χ0v) is 15.1. The van der Waals surface area contributed by atoms with Crippen molar-refractivity contribution < 1.29 is 4.39 Å². The SMILES string of the molecule is C/C=C(\C=N)c1ccc(F)c(N=C(N)C2=C(NCC3CC3)CCNC2)c1. The Morgan fingerprint density at radius 1 is 1.46 bits per heavy atom. The average Bonchev–Trinajstić information content (AvgIpc) is 3.48. The van der Waals surface area contributed by atoms with E-state index in [4.69, 9.17) is 11.1 Å². The van der Waals surface area contributed by atoms with E-state index in [0.717, 1.165) is 42.3 Å². The molecule has 0 saturated heterocycles. The van der Waals surface area contributed by atoms with Crippen LogP contribution < -0.4 is 16.4 Å². The third-order valence-corrected chi connectivity index (χ3v) is 4.81.